The van der Waals surface area contributed by atoms with Gasteiger partial charge in [-0.05, 0) is 6.07 Å². The van der Waals surface area contributed by atoms with E-state index in [4.69, 9.17) is 4.74 Å². The Bertz CT molecular complexity index is 402. The minimum atomic E-state index is -4.46. The number of nitrogens with one attached hydrogen (secondary N) is 1. The summed E-state index contributed by atoms with van der Waals surface area (Å²) in [5, 5.41) is 2.40. The lowest BCUT2D eigenvalue weighted by atomic mass is 10.1. The number of hydrogen-bond donors (Lipinski definition) is 1. The normalized spacial score (nSPS) is 20.4. The summed E-state index contributed by atoms with van der Waals surface area (Å²) in [6.45, 7) is 0.242. The number of amides is 1. The third-order valence-corrected chi connectivity index (χ3v) is 2.13. The monoisotopic (exact) mass is 232 g/mol. The highest BCUT2D eigenvalue weighted by Gasteiger charge is 2.33. The van der Waals surface area contributed by atoms with Gasteiger partial charge in [-0.1, -0.05) is 6.07 Å². The highest BCUT2D eigenvalue weighted by atomic mass is 19.4. The van der Waals surface area contributed by atoms with Crippen molar-refractivity contribution in [2.45, 2.75) is 12.3 Å². The number of halogens is 3. The molecule has 4 nitrogen and oxygen atoms in total. The minimum absolute atomic E-state index is 0.242. The first-order valence-corrected chi connectivity index (χ1v) is 4.44. The fourth-order valence-corrected chi connectivity index (χ4v) is 1.34. The first kappa shape index (κ1) is 10.7. The van der Waals surface area contributed by atoms with Gasteiger partial charge in [-0.3, -0.25) is 4.98 Å². The number of carbonyl (C=O) groups is 1. The fraction of sp³-hybridized carbons (Fsp3) is 0.333. The molecule has 1 atom stereocenters. The molecule has 0 spiro atoms. The first-order valence-electron chi connectivity index (χ1n) is 4.44. The molecule has 0 radical (unpaired) electrons. The van der Waals surface area contributed by atoms with Crippen molar-refractivity contribution in [3.63, 3.8) is 0 Å². The number of hydrogen-bond acceptors (Lipinski definition) is 3. The SMILES string of the molecule is O=C1NCC(c2ccc(C(F)(F)F)nc2)O1. The largest absolute Gasteiger partial charge is 0.439 e. The van der Waals surface area contributed by atoms with Crippen LogP contribution in [0.2, 0.25) is 0 Å². The van der Waals surface area contributed by atoms with E-state index in [9.17, 15) is 18.0 Å². The van der Waals surface area contributed by atoms with Crippen LogP contribution in [-0.2, 0) is 10.9 Å². The number of rotatable bonds is 1. The van der Waals surface area contributed by atoms with Gasteiger partial charge in [-0.2, -0.15) is 13.2 Å². The number of carbonyl (C=O) groups excluding carboxylic acids is 1. The molecule has 86 valence electrons. The Morgan fingerprint density at radius 2 is 2.19 bits per heavy atom. The summed E-state index contributed by atoms with van der Waals surface area (Å²) in [5.41, 5.74) is -0.528. The van der Waals surface area contributed by atoms with Crippen molar-refractivity contribution in [3.8, 4) is 0 Å². The van der Waals surface area contributed by atoms with Crippen molar-refractivity contribution in [1.29, 1.82) is 0 Å². The molecule has 1 N–H and O–H groups in total. The van der Waals surface area contributed by atoms with Gasteiger partial charge < -0.3 is 10.1 Å². The smallest absolute Gasteiger partial charge is 0.433 e. The Morgan fingerprint density at radius 1 is 1.44 bits per heavy atom. The molecule has 0 aromatic carbocycles. The number of cyclic esters (lactones) is 1. The van der Waals surface area contributed by atoms with Crippen LogP contribution in [0, 0.1) is 0 Å². The molecule has 1 aliphatic rings. The Kier molecular flexibility index (Phi) is 2.45. The molecule has 0 saturated carbocycles. The summed E-state index contributed by atoms with van der Waals surface area (Å²) >= 11 is 0. The Morgan fingerprint density at radius 3 is 2.62 bits per heavy atom. The lowest BCUT2D eigenvalue weighted by molar-refractivity contribution is -0.141. The van der Waals surface area contributed by atoms with Gasteiger partial charge in [0.2, 0.25) is 0 Å². The van der Waals surface area contributed by atoms with Crippen LogP contribution in [0.4, 0.5) is 18.0 Å². The van der Waals surface area contributed by atoms with Crippen LogP contribution < -0.4 is 5.32 Å². The second kappa shape index (κ2) is 3.66. The van der Waals surface area contributed by atoms with Crippen molar-refractivity contribution in [3.05, 3.63) is 29.6 Å². The Labute approximate surface area is 88.4 Å². The summed E-state index contributed by atoms with van der Waals surface area (Å²) in [6, 6.07) is 2.11. The molecule has 0 aliphatic carbocycles. The molecule has 1 amide bonds. The quantitative estimate of drug-likeness (QED) is 0.804. The van der Waals surface area contributed by atoms with Gasteiger partial charge in [-0.15, -0.1) is 0 Å². The minimum Gasteiger partial charge on any atom is -0.439 e. The third-order valence-electron chi connectivity index (χ3n) is 2.13. The van der Waals surface area contributed by atoms with Crippen molar-refractivity contribution in [2.24, 2.45) is 0 Å². The molecule has 16 heavy (non-hydrogen) atoms. The maximum atomic E-state index is 12.2. The van der Waals surface area contributed by atoms with Crippen molar-refractivity contribution >= 4 is 6.09 Å². The predicted molar refractivity (Wildman–Crippen MR) is 46.5 cm³/mol. The molecule has 1 saturated heterocycles. The standard InChI is InChI=1S/C9H7F3N2O2/c10-9(11,12)7-2-1-5(3-13-7)6-4-14-8(15)16-6/h1-3,6H,4H2,(H,14,15). The van der Waals surface area contributed by atoms with E-state index in [-0.39, 0.29) is 6.54 Å². The molecule has 1 aliphatic heterocycles. The zero-order valence-corrected chi connectivity index (χ0v) is 7.91. The van der Waals surface area contributed by atoms with E-state index >= 15 is 0 Å². The zero-order valence-electron chi connectivity index (χ0n) is 7.91. The van der Waals surface area contributed by atoms with Gasteiger partial charge in [0.1, 0.15) is 11.8 Å². The zero-order chi connectivity index (χ0) is 11.8. The number of alkyl carbamates (subject to hydrolysis) is 1. The van der Waals surface area contributed by atoms with Crippen LogP contribution in [0.25, 0.3) is 0 Å². The van der Waals surface area contributed by atoms with E-state index in [0.29, 0.717) is 5.56 Å². The van der Waals surface area contributed by atoms with Gasteiger partial charge >= 0.3 is 12.3 Å². The van der Waals surface area contributed by atoms with Crippen molar-refractivity contribution in [1.82, 2.24) is 10.3 Å². The van der Waals surface area contributed by atoms with Crippen LogP contribution in [-0.4, -0.2) is 17.6 Å². The summed E-state index contributed by atoms with van der Waals surface area (Å²) in [4.78, 5) is 14.0. The fourth-order valence-electron chi connectivity index (χ4n) is 1.34. The van der Waals surface area contributed by atoms with E-state index in [0.717, 1.165) is 12.3 Å². The molecule has 0 bridgehead atoms. The van der Waals surface area contributed by atoms with Crippen molar-refractivity contribution in [2.75, 3.05) is 6.54 Å². The van der Waals surface area contributed by atoms with E-state index in [1.807, 2.05) is 0 Å². The molecular weight excluding hydrogens is 225 g/mol. The number of aromatic nitrogens is 1. The first-order chi connectivity index (χ1) is 7.47. The highest BCUT2D eigenvalue weighted by molar-refractivity contribution is 5.69. The molecule has 1 aromatic rings. The maximum absolute atomic E-state index is 12.2. The molecule has 1 fully saturated rings. The maximum Gasteiger partial charge on any atom is 0.433 e. The summed E-state index contributed by atoms with van der Waals surface area (Å²) in [5.74, 6) is 0. The molecular formula is C9H7F3N2O2. The predicted octanol–water partition coefficient (Wildman–Crippen LogP) is 1.88. The van der Waals surface area contributed by atoms with Gasteiger partial charge in [0.25, 0.3) is 0 Å². The number of ether oxygens (including phenoxy) is 1. The van der Waals surface area contributed by atoms with Crippen LogP contribution in [0.5, 0.6) is 0 Å². The lowest BCUT2D eigenvalue weighted by Crippen LogP contribution is -2.12. The van der Waals surface area contributed by atoms with Gasteiger partial charge in [0.05, 0.1) is 6.54 Å². The lowest BCUT2D eigenvalue weighted by Gasteiger charge is -2.09. The number of nitrogens with zero attached hydrogens (tertiary/aromatic N) is 1. The molecule has 7 heteroatoms. The van der Waals surface area contributed by atoms with Crippen molar-refractivity contribution < 1.29 is 22.7 Å². The average Bonchev–Trinajstić information content (AvgIpc) is 2.64. The average molecular weight is 232 g/mol. The number of alkyl halides is 3. The van der Waals surface area contributed by atoms with Gasteiger partial charge in [0, 0.05) is 11.8 Å². The molecule has 2 heterocycles. The third kappa shape index (κ3) is 2.07. The van der Waals surface area contributed by atoms with E-state index in [2.05, 4.69) is 10.3 Å². The second-order valence-corrected chi connectivity index (χ2v) is 3.25. The highest BCUT2D eigenvalue weighted by Crippen LogP contribution is 2.28. The van der Waals surface area contributed by atoms with E-state index < -0.39 is 24.1 Å². The van der Waals surface area contributed by atoms with Crippen LogP contribution in [0.15, 0.2) is 18.3 Å². The van der Waals surface area contributed by atoms with Crippen LogP contribution >= 0.6 is 0 Å². The van der Waals surface area contributed by atoms with Crippen LogP contribution in [0.3, 0.4) is 0 Å². The topological polar surface area (TPSA) is 51.2 Å². The van der Waals surface area contributed by atoms with E-state index in [1.54, 1.807) is 0 Å². The number of pyridine rings is 1. The van der Waals surface area contributed by atoms with Gasteiger partial charge in [-0.25, -0.2) is 4.79 Å². The van der Waals surface area contributed by atoms with Gasteiger partial charge in [0.15, 0.2) is 0 Å². The molecule has 1 unspecified atom stereocenters. The molecule has 2 rings (SSSR count). The Balaban J connectivity index is 2.17. The second-order valence-electron chi connectivity index (χ2n) is 3.25. The summed E-state index contributed by atoms with van der Waals surface area (Å²) in [7, 11) is 0. The van der Waals surface area contributed by atoms with E-state index in [1.165, 1.54) is 6.07 Å². The van der Waals surface area contributed by atoms with Crippen LogP contribution in [0.1, 0.15) is 17.4 Å². The molecule has 1 aromatic heterocycles. The summed E-state index contributed by atoms with van der Waals surface area (Å²) in [6.07, 6.45) is -4.54. The summed E-state index contributed by atoms with van der Waals surface area (Å²) < 4.78 is 41.4. The Hall–Kier alpha value is -1.79.